The molecule has 0 aliphatic heterocycles. The number of hydrogen-bond acceptors (Lipinski definition) is 3. The minimum atomic E-state index is -0.125. The summed E-state index contributed by atoms with van der Waals surface area (Å²) in [4.78, 5) is 17.2. The van der Waals surface area contributed by atoms with Crippen LogP contribution in [0.3, 0.4) is 0 Å². The van der Waals surface area contributed by atoms with Crippen molar-refractivity contribution in [3.05, 3.63) is 63.6 Å². The molecule has 0 aliphatic carbocycles. The third-order valence-corrected chi connectivity index (χ3v) is 4.97. The fourth-order valence-electron chi connectivity index (χ4n) is 3.15. The maximum atomic E-state index is 12.5. The molecule has 2 heterocycles. The largest absolute Gasteiger partial charge is 0.352 e. The van der Waals surface area contributed by atoms with Gasteiger partial charge >= 0.3 is 0 Å². The highest BCUT2D eigenvalue weighted by Gasteiger charge is 2.18. The molecule has 1 N–H and O–H groups in total. The Morgan fingerprint density at radius 1 is 1.30 bits per heavy atom. The number of rotatable bonds is 6. The molecule has 0 bridgehead atoms. The van der Waals surface area contributed by atoms with Crippen LogP contribution >= 0.6 is 11.6 Å². The Hall–Kier alpha value is -2.40. The van der Waals surface area contributed by atoms with E-state index >= 15 is 0 Å². The number of nitrogens with zero attached hydrogens (tertiary/aromatic N) is 3. The summed E-state index contributed by atoms with van der Waals surface area (Å²) in [6.07, 6.45) is 3.26. The zero-order valence-corrected chi connectivity index (χ0v) is 17.0. The van der Waals surface area contributed by atoms with Crippen LogP contribution in [0.4, 0.5) is 0 Å². The van der Waals surface area contributed by atoms with E-state index in [9.17, 15) is 4.79 Å². The lowest BCUT2D eigenvalue weighted by molar-refractivity contribution is 0.0953. The van der Waals surface area contributed by atoms with Crippen LogP contribution < -0.4 is 5.32 Å². The van der Waals surface area contributed by atoms with Crippen LogP contribution in [0.1, 0.15) is 53.1 Å². The van der Waals surface area contributed by atoms with Gasteiger partial charge in [0.2, 0.25) is 0 Å². The van der Waals surface area contributed by atoms with E-state index in [0.29, 0.717) is 23.7 Å². The van der Waals surface area contributed by atoms with E-state index in [1.54, 1.807) is 10.7 Å². The first-order valence-electron chi connectivity index (χ1n) is 9.23. The summed E-state index contributed by atoms with van der Waals surface area (Å²) in [6.45, 7) is 8.91. The number of hydrogen-bond donors (Lipinski definition) is 1. The predicted octanol–water partition coefficient (Wildman–Crippen LogP) is 4.37. The van der Waals surface area contributed by atoms with Crippen LogP contribution in [-0.2, 0) is 6.42 Å². The smallest absolute Gasteiger partial charge is 0.256 e. The average molecular weight is 385 g/mol. The van der Waals surface area contributed by atoms with Gasteiger partial charge in [0.15, 0.2) is 5.65 Å². The highest BCUT2D eigenvalue weighted by molar-refractivity contribution is 6.30. The van der Waals surface area contributed by atoms with Gasteiger partial charge in [-0.15, -0.1) is 0 Å². The molecule has 0 fully saturated rings. The summed E-state index contributed by atoms with van der Waals surface area (Å²) >= 11 is 6.11. The SMILES string of the molecule is Cc1nc2c(C(=O)NCCC(C)C)cnn2c(C)c1Cc1cccc(Cl)c1. The van der Waals surface area contributed by atoms with Gasteiger partial charge in [-0.3, -0.25) is 4.79 Å². The van der Waals surface area contributed by atoms with E-state index in [0.717, 1.165) is 40.4 Å². The van der Waals surface area contributed by atoms with Crippen LogP contribution in [0.25, 0.3) is 5.65 Å². The molecule has 142 valence electrons. The Bertz CT molecular complexity index is 978. The van der Waals surface area contributed by atoms with Crippen molar-refractivity contribution in [2.45, 2.75) is 40.5 Å². The van der Waals surface area contributed by atoms with Gasteiger partial charge < -0.3 is 5.32 Å². The summed E-state index contributed by atoms with van der Waals surface area (Å²) in [5, 5.41) is 8.09. The Balaban J connectivity index is 1.91. The van der Waals surface area contributed by atoms with E-state index in [1.165, 1.54) is 0 Å². The predicted molar refractivity (Wildman–Crippen MR) is 109 cm³/mol. The molecule has 1 amide bonds. The van der Waals surface area contributed by atoms with E-state index in [4.69, 9.17) is 11.6 Å². The van der Waals surface area contributed by atoms with Crippen LogP contribution in [0.5, 0.6) is 0 Å². The summed E-state index contributed by atoms with van der Waals surface area (Å²) in [7, 11) is 0. The number of amides is 1. The maximum absolute atomic E-state index is 12.5. The summed E-state index contributed by atoms with van der Waals surface area (Å²) in [6, 6.07) is 7.82. The molecule has 1 aromatic carbocycles. The normalized spacial score (nSPS) is 11.3. The number of fused-ring (bicyclic) bond motifs is 1. The Morgan fingerprint density at radius 2 is 2.07 bits per heavy atom. The van der Waals surface area contributed by atoms with Crippen LogP contribution in [-0.4, -0.2) is 27.0 Å². The van der Waals surface area contributed by atoms with Gasteiger partial charge in [0, 0.05) is 29.4 Å². The molecular weight excluding hydrogens is 360 g/mol. The van der Waals surface area contributed by atoms with E-state index in [-0.39, 0.29) is 5.91 Å². The van der Waals surface area contributed by atoms with Crippen molar-refractivity contribution in [1.82, 2.24) is 19.9 Å². The first-order valence-corrected chi connectivity index (χ1v) is 9.61. The Labute approximate surface area is 164 Å². The van der Waals surface area contributed by atoms with Crippen molar-refractivity contribution < 1.29 is 4.79 Å². The molecule has 0 radical (unpaired) electrons. The third-order valence-electron chi connectivity index (χ3n) is 4.73. The Kier molecular flexibility index (Phi) is 5.80. The zero-order valence-electron chi connectivity index (χ0n) is 16.2. The van der Waals surface area contributed by atoms with Crippen molar-refractivity contribution >= 4 is 23.2 Å². The molecule has 3 rings (SSSR count). The summed E-state index contributed by atoms with van der Waals surface area (Å²) in [5.41, 5.74) is 5.21. The van der Waals surface area contributed by atoms with Crippen molar-refractivity contribution in [1.29, 1.82) is 0 Å². The van der Waals surface area contributed by atoms with Crippen LogP contribution in [0.15, 0.2) is 30.5 Å². The van der Waals surface area contributed by atoms with Crippen LogP contribution in [0.2, 0.25) is 5.02 Å². The van der Waals surface area contributed by atoms with E-state index < -0.39 is 0 Å². The molecule has 2 aromatic heterocycles. The quantitative estimate of drug-likeness (QED) is 0.686. The number of nitrogens with one attached hydrogen (secondary N) is 1. The fraction of sp³-hybridized carbons (Fsp3) is 0.381. The molecule has 6 heteroatoms. The Morgan fingerprint density at radius 3 is 2.78 bits per heavy atom. The van der Waals surface area contributed by atoms with Crippen LogP contribution in [0, 0.1) is 19.8 Å². The lowest BCUT2D eigenvalue weighted by atomic mass is 10.0. The third kappa shape index (κ3) is 4.30. The van der Waals surface area contributed by atoms with Crippen molar-refractivity contribution in [3.63, 3.8) is 0 Å². The van der Waals surface area contributed by atoms with Gasteiger partial charge in [0.1, 0.15) is 5.56 Å². The molecule has 0 unspecified atom stereocenters. The number of halogens is 1. The molecule has 3 aromatic rings. The summed E-state index contributed by atoms with van der Waals surface area (Å²) < 4.78 is 1.75. The second-order valence-electron chi connectivity index (χ2n) is 7.30. The molecule has 27 heavy (non-hydrogen) atoms. The van der Waals surface area contributed by atoms with Gasteiger partial charge in [0.05, 0.1) is 6.20 Å². The molecule has 0 atom stereocenters. The molecule has 0 aliphatic rings. The second kappa shape index (κ2) is 8.09. The van der Waals surface area contributed by atoms with Gasteiger partial charge in [0.25, 0.3) is 5.91 Å². The van der Waals surface area contributed by atoms with Gasteiger partial charge in [-0.25, -0.2) is 9.50 Å². The van der Waals surface area contributed by atoms with Crippen molar-refractivity contribution in [3.8, 4) is 0 Å². The highest BCUT2D eigenvalue weighted by Crippen LogP contribution is 2.21. The fourth-order valence-corrected chi connectivity index (χ4v) is 3.36. The lowest BCUT2D eigenvalue weighted by Crippen LogP contribution is -2.25. The molecule has 0 saturated carbocycles. The lowest BCUT2D eigenvalue weighted by Gasteiger charge is -2.12. The minimum absolute atomic E-state index is 0.125. The maximum Gasteiger partial charge on any atom is 0.256 e. The minimum Gasteiger partial charge on any atom is -0.352 e. The molecular formula is C21H25ClN4O. The van der Waals surface area contributed by atoms with Crippen molar-refractivity contribution in [2.24, 2.45) is 5.92 Å². The van der Waals surface area contributed by atoms with Gasteiger partial charge in [-0.05, 0) is 49.4 Å². The first kappa shape index (κ1) is 19.4. The van der Waals surface area contributed by atoms with Gasteiger partial charge in [-0.2, -0.15) is 5.10 Å². The monoisotopic (exact) mass is 384 g/mol. The first-order chi connectivity index (χ1) is 12.9. The number of carbonyl (C=O) groups is 1. The van der Waals surface area contributed by atoms with E-state index in [2.05, 4.69) is 29.2 Å². The molecule has 0 saturated heterocycles. The number of aryl methyl sites for hydroxylation is 2. The number of aromatic nitrogens is 3. The molecule has 0 spiro atoms. The highest BCUT2D eigenvalue weighted by atomic mass is 35.5. The number of benzene rings is 1. The number of carbonyl (C=O) groups excluding carboxylic acids is 1. The van der Waals surface area contributed by atoms with E-state index in [1.807, 2.05) is 38.1 Å². The zero-order chi connectivity index (χ0) is 19.6. The average Bonchev–Trinajstić information content (AvgIpc) is 3.02. The summed E-state index contributed by atoms with van der Waals surface area (Å²) in [5.74, 6) is 0.422. The molecule has 5 nitrogen and oxygen atoms in total. The van der Waals surface area contributed by atoms with Gasteiger partial charge in [-0.1, -0.05) is 37.6 Å². The topological polar surface area (TPSA) is 59.3 Å². The van der Waals surface area contributed by atoms with Crippen molar-refractivity contribution in [2.75, 3.05) is 6.54 Å². The second-order valence-corrected chi connectivity index (χ2v) is 7.74. The standard InChI is InChI=1S/C21H25ClN4O/c1-13(2)8-9-23-21(27)19-12-24-26-15(4)18(14(3)25-20(19)26)11-16-6-5-7-17(22)10-16/h5-7,10,12-13H,8-9,11H2,1-4H3,(H,23,27).